The minimum Gasteiger partial charge on any atom is -0.368 e. The Labute approximate surface area is 172 Å². The lowest BCUT2D eigenvalue weighted by Gasteiger charge is -2.17. The van der Waals surface area contributed by atoms with E-state index in [1.165, 1.54) is 23.9 Å². The van der Waals surface area contributed by atoms with E-state index in [9.17, 15) is 9.18 Å². The fourth-order valence-corrected chi connectivity index (χ4v) is 3.35. The van der Waals surface area contributed by atoms with Crippen molar-refractivity contribution in [3.05, 3.63) is 71.8 Å². The number of carbonyl (C=O) groups excluding carboxylic acids is 1. The van der Waals surface area contributed by atoms with Gasteiger partial charge in [0.1, 0.15) is 11.6 Å². The van der Waals surface area contributed by atoms with Gasteiger partial charge in [-0.25, -0.2) is 4.39 Å². The van der Waals surface area contributed by atoms with Crippen molar-refractivity contribution in [3.8, 4) is 0 Å². The van der Waals surface area contributed by atoms with Crippen LogP contribution in [0.5, 0.6) is 0 Å². The van der Waals surface area contributed by atoms with Crippen LogP contribution in [0.1, 0.15) is 11.4 Å². The molecule has 3 N–H and O–H groups in total. The first-order valence-electron chi connectivity index (χ1n) is 8.88. The van der Waals surface area contributed by atoms with E-state index in [0.717, 1.165) is 11.3 Å². The van der Waals surface area contributed by atoms with Gasteiger partial charge in [-0.15, -0.1) is 11.8 Å². The summed E-state index contributed by atoms with van der Waals surface area (Å²) in [7, 11) is 1.69. The third-order valence-electron chi connectivity index (χ3n) is 3.92. The highest BCUT2D eigenvalue weighted by atomic mass is 32.2. The summed E-state index contributed by atoms with van der Waals surface area (Å²) >= 11 is 1.38. The number of nitrogens with two attached hydrogens (primary N) is 1. The fourth-order valence-electron chi connectivity index (χ4n) is 2.55. The zero-order valence-electron chi connectivity index (χ0n) is 15.9. The normalized spacial score (nSPS) is 10.6. The molecule has 0 aliphatic heterocycles. The molecule has 0 spiro atoms. The molecule has 3 aromatic rings. The Balaban J connectivity index is 1.52. The Kier molecular flexibility index (Phi) is 6.96. The number of hydrogen-bond donors (Lipinski definition) is 2. The molecule has 0 saturated carbocycles. The number of amides is 1. The summed E-state index contributed by atoms with van der Waals surface area (Å²) in [5, 5.41) is 3.08. The molecular formula is C20H21FN6OS. The minimum absolute atomic E-state index is 0.0658. The van der Waals surface area contributed by atoms with Crippen molar-refractivity contribution in [2.45, 2.75) is 12.3 Å². The minimum atomic E-state index is -0.315. The van der Waals surface area contributed by atoms with Crippen LogP contribution in [-0.4, -0.2) is 38.6 Å². The molecule has 150 valence electrons. The summed E-state index contributed by atoms with van der Waals surface area (Å²) in [6.07, 6.45) is 0. The maximum absolute atomic E-state index is 13.3. The third-order valence-corrected chi connectivity index (χ3v) is 4.83. The van der Waals surface area contributed by atoms with Crippen molar-refractivity contribution in [3.63, 3.8) is 0 Å². The molecule has 1 aromatic heterocycles. The number of nitrogens with zero attached hydrogens (tertiary/aromatic N) is 4. The van der Waals surface area contributed by atoms with Gasteiger partial charge in [-0.1, -0.05) is 30.3 Å². The van der Waals surface area contributed by atoms with Crippen molar-refractivity contribution in [2.24, 2.45) is 0 Å². The zero-order chi connectivity index (χ0) is 20.6. The smallest absolute Gasteiger partial charge is 0.232 e. The lowest BCUT2D eigenvalue weighted by atomic mass is 10.2. The lowest BCUT2D eigenvalue weighted by molar-refractivity contribution is -0.127. The average molecular weight is 412 g/mol. The summed E-state index contributed by atoms with van der Waals surface area (Å²) in [5.74, 6) is 1.24. The molecule has 0 saturated heterocycles. The number of thioether (sulfide) groups is 1. The molecule has 7 nitrogen and oxygen atoms in total. The predicted octanol–water partition coefficient (Wildman–Crippen LogP) is 3.23. The van der Waals surface area contributed by atoms with E-state index in [1.807, 2.05) is 30.3 Å². The number of anilines is 3. The molecule has 0 aliphatic rings. The Morgan fingerprint density at radius 1 is 1.14 bits per heavy atom. The van der Waals surface area contributed by atoms with Crippen LogP contribution in [0.15, 0.2) is 54.6 Å². The Morgan fingerprint density at radius 3 is 2.69 bits per heavy atom. The van der Waals surface area contributed by atoms with E-state index in [2.05, 4.69) is 20.3 Å². The SMILES string of the molecule is CN(Cc1cccc(F)c1)C(=O)CSCc1nc(N)nc(Nc2ccccc2)n1. The number of para-hydroxylation sites is 1. The summed E-state index contributed by atoms with van der Waals surface area (Å²) < 4.78 is 13.3. The standard InChI is InChI=1S/C20H21FN6OS/c1-27(11-14-6-5-7-15(21)10-14)18(28)13-29-12-17-24-19(22)26-20(25-17)23-16-8-3-2-4-9-16/h2-10H,11-13H2,1H3,(H3,22,23,24,25,26). The largest absolute Gasteiger partial charge is 0.368 e. The van der Waals surface area contributed by atoms with E-state index >= 15 is 0 Å². The fraction of sp³-hybridized carbons (Fsp3) is 0.200. The van der Waals surface area contributed by atoms with Crippen LogP contribution in [-0.2, 0) is 17.1 Å². The molecule has 2 aromatic carbocycles. The number of halogens is 1. The molecule has 29 heavy (non-hydrogen) atoms. The maximum Gasteiger partial charge on any atom is 0.232 e. The molecule has 0 unspecified atom stereocenters. The van der Waals surface area contributed by atoms with Crippen LogP contribution in [0.3, 0.4) is 0 Å². The van der Waals surface area contributed by atoms with Gasteiger partial charge in [-0.2, -0.15) is 15.0 Å². The molecule has 1 amide bonds. The number of aromatic nitrogens is 3. The van der Waals surface area contributed by atoms with Crippen molar-refractivity contribution in [1.29, 1.82) is 0 Å². The average Bonchev–Trinajstić information content (AvgIpc) is 2.68. The van der Waals surface area contributed by atoms with Crippen LogP contribution in [0.25, 0.3) is 0 Å². The van der Waals surface area contributed by atoms with E-state index in [-0.39, 0.29) is 23.4 Å². The van der Waals surface area contributed by atoms with Gasteiger partial charge in [-0.05, 0) is 29.8 Å². The van der Waals surface area contributed by atoms with Gasteiger partial charge in [0.25, 0.3) is 0 Å². The molecule has 1 heterocycles. The second-order valence-corrected chi connectivity index (χ2v) is 7.28. The summed E-state index contributed by atoms with van der Waals surface area (Å²) in [6, 6.07) is 15.7. The van der Waals surface area contributed by atoms with Gasteiger partial charge in [0.05, 0.1) is 11.5 Å². The monoisotopic (exact) mass is 412 g/mol. The molecule has 0 radical (unpaired) electrons. The first kappa shape index (κ1) is 20.5. The topological polar surface area (TPSA) is 97.0 Å². The number of nitrogen functional groups attached to an aromatic ring is 1. The number of benzene rings is 2. The second kappa shape index (κ2) is 9.83. The maximum atomic E-state index is 13.3. The summed E-state index contributed by atoms with van der Waals surface area (Å²) in [4.78, 5) is 26.4. The quantitative estimate of drug-likeness (QED) is 0.586. The van der Waals surface area contributed by atoms with E-state index in [1.54, 1.807) is 24.1 Å². The van der Waals surface area contributed by atoms with Crippen molar-refractivity contribution >= 4 is 35.3 Å². The van der Waals surface area contributed by atoms with E-state index < -0.39 is 0 Å². The van der Waals surface area contributed by atoms with Gasteiger partial charge in [-0.3, -0.25) is 4.79 Å². The molecular weight excluding hydrogens is 391 g/mol. The first-order chi connectivity index (χ1) is 14.0. The highest BCUT2D eigenvalue weighted by Crippen LogP contribution is 2.16. The molecule has 0 aliphatic carbocycles. The lowest BCUT2D eigenvalue weighted by Crippen LogP contribution is -2.27. The summed E-state index contributed by atoms with van der Waals surface area (Å²) in [5.41, 5.74) is 7.36. The van der Waals surface area contributed by atoms with Crippen molar-refractivity contribution in [2.75, 3.05) is 23.9 Å². The molecule has 0 atom stereocenters. The molecule has 3 rings (SSSR count). The Hall–Kier alpha value is -3.20. The van der Waals surface area contributed by atoms with Gasteiger partial charge in [0.2, 0.25) is 17.8 Å². The number of hydrogen-bond acceptors (Lipinski definition) is 7. The predicted molar refractivity (Wildman–Crippen MR) is 113 cm³/mol. The number of rotatable bonds is 8. The zero-order valence-corrected chi connectivity index (χ0v) is 16.7. The van der Waals surface area contributed by atoms with Crippen molar-refractivity contribution in [1.82, 2.24) is 19.9 Å². The highest BCUT2D eigenvalue weighted by Gasteiger charge is 2.11. The van der Waals surface area contributed by atoms with E-state index in [0.29, 0.717) is 24.1 Å². The number of carbonyl (C=O) groups is 1. The van der Waals surface area contributed by atoms with Crippen LogP contribution in [0.2, 0.25) is 0 Å². The van der Waals surface area contributed by atoms with Crippen molar-refractivity contribution < 1.29 is 9.18 Å². The Bertz CT molecular complexity index is 972. The summed E-state index contributed by atoms with van der Waals surface area (Å²) in [6.45, 7) is 0.348. The van der Waals surface area contributed by atoms with Crippen LogP contribution in [0.4, 0.5) is 22.0 Å². The van der Waals surface area contributed by atoms with Gasteiger partial charge in [0.15, 0.2) is 0 Å². The van der Waals surface area contributed by atoms with Gasteiger partial charge >= 0.3 is 0 Å². The molecule has 0 fully saturated rings. The van der Waals surface area contributed by atoms with Gasteiger partial charge in [0, 0.05) is 19.3 Å². The Morgan fingerprint density at radius 2 is 1.93 bits per heavy atom. The second-order valence-electron chi connectivity index (χ2n) is 6.30. The van der Waals surface area contributed by atoms with Gasteiger partial charge < -0.3 is 16.0 Å². The molecule has 9 heteroatoms. The van der Waals surface area contributed by atoms with Crippen LogP contribution >= 0.6 is 11.8 Å². The van der Waals surface area contributed by atoms with Crippen LogP contribution in [0, 0.1) is 5.82 Å². The molecule has 0 bridgehead atoms. The first-order valence-corrected chi connectivity index (χ1v) is 10.0. The van der Waals surface area contributed by atoms with Crippen LogP contribution < -0.4 is 11.1 Å². The van der Waals surface area contributed by atoms with E-state index in [4.69, 9.17) is 5.73 Å². The third kappa shape index (κ3) is 6.42. The number of nitrogens with one attached hydrogen (secondary N) is 1. The highest BCUT2D eigenvalue weighted by molar-refractivity contribution is 7.99.